The van der Waals surface area contributed by atoms with Crippen molar-refractivity contribution in [2.45, 2.75) is 44.6 Å². The Morgan fingerprint density at radius 1 is 1.38 bits per heavy atom. The summed E-state index contributed by atoms with van der Waals surface area (Å²) in [6, 6.07) is 8.16. The van der Waals surface area contributed by atoms with Gasteiger partial charge < -0.3 is 20.3 Å². The highest BCUT2D eigenvalue weighted by Gasteiger charge is 2.25. The lowest BCUT2D eigenvalue weighted by Gasteiger charge is -2.35. The fourth-order valence-electron chi connectivity index (χ4n) is 3.39. The normalized spacial score (nSPS) is 18.0. The second-order valence-corrected chi connectivity index (χ2v) is 6.39. The number of amides is 2. The van der Waals surface area contributed by atoms with E-state index in [1.165, 1.54) is 0 Å². The number of aliphatic hydroxyl groups is 1. The molecule has 1 aliphatic heterocycles. The summed E-state index contributed by atoms with van der Waals surface area (Å²) in [5.74, 6) is 0.960. The molecular formula is C18H26N4O2. The molecule has 24 heavy (non-hydrogen) atoms. The summed E-state index contributed by atoms with van der Waals surface area (Å²) in [6.45, 7) is 1.57. The first-order valence-corrected chi connectivity index (χ1v) is 8.87. The number of fused-ring (bicyclic) bond motifs is 1. The number of urea groups is 1. The van der Waals surface area contributed by atoms with E-state index in [4.69, 9.17) is 5.11 Å². The van der Waals surface area contributed by atoms with Gasteiger partial charge in [0.2, 0.25) is 0 Å². The highest BCUT2D eigenvalue weighted by atomic mass is 16.3. The minimum atomic E-state index is -0.00208. The minimum absolute atomic E-state index is 0.00208. The summed E-state index contributed by atoms with van der Waals surface area (Å²) in [7, 11) is 0. The topological polar surface area (TPSA) is 81.2 Å². The Kier molecular flexibility index (Phi) is 5.69. The van der Waals surface area contributed by atoms with Gasteiger partial charge in [-0.3, -0.25) is 0 Å². The molecule has 0 saturated carbocycles. The van der Waals surface area contributed by atoms with E-state index in [0.29, 0.717) is 13.0 Å². The van der Waals surface area contributed by atoms with Gasteiger partial charge in [0.25, 0.3) is 0 Å². The van der Waals surface area contributed by atoms with Crippen LogP contribution in [0.4, 0.5) is 4.79 Å². The molecule has 0 unspecified atom stereocenters. The maximum atomic E-state index is 12.3. The number of hydrogen-bond donors (Lipinski definition) is 3. The molecule has 6 heteroatoms. The third-order valence-corrected chi connectivity index (χ3v) is 4.66. The van der Waals surface area contributed by atoms with Crippen molar-refractivity contribution in [3.8, 4) is 0 Å². The second kappa shape index (κ2) is 8.15. The molecule has 130 valence electrons. The highest BCUT2D eigenvalue weighted by molar-refractivity contribution is 5.75. The van der Waals surface area contributed by atoms with Gasteiger partial charge in [0.15, 0.2) is 0 Å². The molecule has 1 aliphatic rings. The van der Waals surface area contributed by atoms with Gasteiger partial charge in [-0.2, -0.15) is 0 Å². The molecule has 2 heterocycles. The van der Waals surface area contributed by atoms with Crippen LogP contribution in [0.2, 0.25) is 0 Å². The number of H-pyrrole nitrogens is 1. The zero-order valence-electron chi connectivity index (χ0n) is 14.0. The maximum Gasteiger partial charge on any atom is 0.317 e. The summed E-state index contributed by atoms with van der Waals surface area (Å²) in [6.07, 6.45) is 5.52. The van der Waals surface area contributed by atoms with Gasteiger partial charge in [0.1, 0.15) is 5.82 Å². The molecule has 6 nitrogen and oxygen atoms in total. The van der Waals surface area contributed by atoms with E-state index < -0.39 is 0 Å². The lowest BCUT2D eigenvalue weighted by atomic mass is 10.0. The van der Waals surface area contributed by atoms with Crippen molar-refractivity contribution in [1.82, 2.24) is 20.2 Å². The fourth-order valence-corrected chi connectivity index (χ4v) is 3.39. The van der Waals surface area contributed by atoms with Crippen LogP contribution in [0, 0.1) is 0 Å². The van der Waals surface area contributed by atoms with Crippen molar-refractivity contribution in [2.75, 3.05) is 19.7 Å². The molecule has 0 spiro atoms. The maximum absolute atomic E-state index is 12.3. The monoisotopic (exact) mass is 330 g/mol. The summed E-state index contributed by atoms with van der Waals surface area (Å²) >= 11 is 0. The van der Waals surface area contributed by atoms with Crippen molar-refractivity contribution in [3.05, 3.63) is 30.1 Å². The zero-order chi connectivity index (χ0) is 16.8. The number of aromatic amines is 1. The predicted octanol–water partition coefficient (Wildman–Crippen LogP) is 2.44. The Morgan fingerprint density at radius 3 is 3.08 bits per heavy atom. The average Bonchev–Trinajstić information content (AvgIpc) is 3.02. The van der Waals surface area contributed by atoms with Crippen LogP contribution in [0.1, 0.15) is 37.9 Å². The van der Waals surface area contributed by atoms with Gasteiger partial charge in [-0.25, -0.2) is 9.78 Å². The Bertz CT molecular complexity index is 635. The van der Waals surface area contributed by atoms with Crippen molar-refractivity contribution < 1.29 is 9.90 Å². The van der Waals surface area contributed by atoms with Crippen LogP contribution in [0.5, 0.6) is 0 Å². The number of carbonyl (C=O) groups is 1. The number of imidazole rings is 1. The van der Waals surface area contributed by atoms with E-state index >= 15 is 0 Å². The third kappa shape index (κ3) is 4.06. The first-order chi connectivity index (χ1) is 11.8. The van der Waals surface area contributed by atoms with E-state index in [9.17, 15) is 4.79 Å². The number of aliphatic hydroxyl groups excluding tert-OH is 1. The van der Waals surface area contributed by atoms with Crippen LogP contribution in [0.25, 0.3) is 11.0 Å². The molecule has 1 saturated heterocycles. The number of likely N-dealkylation sites (tertiary alicyclic amines) is 1. The average molecular weight is 330 g/mol. The van der Waals surface area contributed by atoms with Gasteiger partial charge >= 0.3 is 6.03 Å². The fraction of sp³-hybridized carbons (Fsp3) is 0.556. The van der Waals surface area contributed by atoms with E-state index in [2.05, 4.69) is 15.3 Å². The van der Waals surface area contributed by atoms with Crippen LogP contribution in [-0.4, -0.2) is 51.7 Å². The van der Waals surface area contributed by atoms with Crippen LogP contribution in [0.15, 0.2) is 24.3 Å². The van der Waals surface area contributed by atoms with Gasteiger partial charge in [-0.15, -0.1) is 0 Å². The second-order valence-electron chi connectivity index (χ2n) is 6.39. The first kappa shape index (κ1) is 16.8. The van der Waals surface area contributed by atoms with Crippen LogP contribution in [0.3, 0.4) is 0 Å². The van der Waals surface area contributed by atoms with Gasteiger partial charge in [-0.1, -0.05) is 12.1 Å². The smallest absolute Gasteiger partial charge is 0.317 e. The Morgan fingerprint density at radius 2 is 2.25 bits per heavy atom. The summed E-state index contributed by atoms with van der Waals surface area (Å²) in [5.41, 5.74) is 2.04. The van der Waals surface area contributed by atoms with Crippen LogP contribution >= 0.6 is 0 Å². The van der Waals surface area contributed by atoms with Crippen molar-refractivity contribution in [3.63, 3.8) is 0 Å². The number of benzene rings is 1. The Balaban J connectivity index is 1.44. The molecule has 1 aromatic carbocycles. The number of aromatic nitrogens is 2. The molecule has 0 radical (unpaired) electrons. The highest BCUT2D eigenvalue weighted by Crippen LogP contribution is 2.19. The number of carbonyl (C=O) groups excluding carboxylic acids is 1. The summed E-state index contributed by atoms with van der Waals surface area (Å²) in [4.78, 5) is 22.1. The number of hydrogen-bond acceptors (Lipinski definition) is 3. The molecule has 2 amide bonds. The molecule has 0 aliphatic carbocycles. The largest absolute Gasteiger partial charge is 0.396 e. The van der Waals surface area contributed by atoms with Gasteiger partial charge in [-0.05, 0) is 44.2 Å². The lowest BCUT2D eigenvalue weighted by Crippen LogP contribution is -2.49. The van der Waals surface area contributed by atoms with E-state index in [-0.39, 0.29) is 18.7 Å². The predicted molar refractivity (Wildman–Crippen MR) is 93.9 cm³/mol. The van der Waals surface area contributed by atoms with Crippen molar-refractivity contribution >= 4 is 17.1 Å². The molecule has 0 bridgehead atoms. The van der Waals surface area contributed by atoms with E-state index in [1.807, 2.05) is 29.2 Å². The number of nitrogens with one attached hydrogen (secondary N) is 2. The molecule has 1 atom stereocenters. The molecule has 1 fully saturated rings. The minimum Gasteiger partial charge on any atom is -0.396 e. The third-order valence-electron chi connectivity index (χ3n) is 4.66. The van der Waals surface area contributed by atoms with Gasteiger partial charge in [0.05, 0.1) is 11.0 Å². The van der Waals surface area contributed by atoms with E-state index in [1.54, 1.807) is 0 Å². The molecule has 2 aromatic rings. The molecular weight excluding hydrogens is 304 g/mol. The van der Waals surface area contributed by atoms with Crippen molar-refractivity contribution in [1.29, 1.82) is 0 Å². The standard InChI is InChI=1S/C18H26N4O2/c23-13-10-14-6-3-4-12-22(14)18(24)19-11-5-9-17-20-15-7-1-2-8-16(15)21-17/h1-2,7-8,14,23H,3-6,9-13H2,(H,19,24)(H,20,21)/t14-/m0/s1. The summed E-state index contributed by atoms with van der Waals surface area (Å²) in [5, 5.41) is 12.2. The van der Waals surface area contributed by atoms with Gasteiger partial charge in [0, 0.05) is 32.2 Å². The van der Waals surface area contributed by atoms with Crippen molar-refractivity contribution in [2.24, 2.45) is 0 Å². The zero-order valence-corrected chi connectivity index (χ0v) is 14.0. The number of piperidine rings is 1. The molecule has 3 N–H and O–H groups in total. The van der Waals surface area contributed by atoms with E-state index in [0.717, 1.165) is 55.5 Å². The Hall–Kier alpha value is -2.08. The number of para-hydroxylation sites is 2. The Labute approximate surface area is 142 Å². The number of nitrogens with zero attached hydrogens (tertiary/aromatic N) is 2. The lowest BCUT2D eigenvalue weighted by molar-refractivity contribution is 0.132. The first-order valence-electron chi connectivity index (χ1n) is 8.87. The summed E-state index contributed by atoms with van der Waals surface area (Å²) < 4.78 is 0. The van der Waals surface area contributed by atoms with Crippen LogP contribution < -0.4 is 5.32 Å². The molecule has 3 rings (SSSR count). The SMILES string of the molecule is O=C(NCCCc1nc2ccccc2[nH]1)N1CCCC[C@H]1CCO. The number of aryl methyl sites for hydroxylation is 1. The van der Waals surface area contributed by atoms with Crippen LogP contribution in [-0.2, 0) is 6.42 Å². The quantitative estimate of drug-likeness (QED) is 0.712. The molecule has 1 aromatic heterocycles. The number of rotatable bonds is 6.